The van der Waals surface area contributed by atoms with Gasteiger partial charge in [-0.1, -0.05) is 18.2 Å². The van der Waals surface area contributed by atoms with E-state index in [9.17, 15) is 4.79 Å². The monoisotopic (exact) mass is 292 g/mol. The summed E-state index contributed by atoms with van der Waals surface area (Å²) in [5, 5.41) is 3.77. The lowest BCUT2D eigenvalue weighted by Gasteiger charge is -2.07. The van der Waals surface area contributed by atoms with Gasteiger partial charge < -0.3 is 14.8 Å². The van der Waals surface area contributed by atoms with Crippen LogP contribution in [-0.2, 0) is 0 Å². The van der Waals surface area contributed by atoms with Gasteiger partial charge in [0.15, 0.2) is 11.5 Å². The average molecular weight is 292 g/mol. The van der Waals surface area contributed by atoms with E-state index in [1.54, 1.807) is 24.4 Å². The molecule has 22 heavy (non-hydrogen) atoms. The van der Waals surface area contributed by atoms with Gasteiger partial charge in [-0.25, -0.2) is 0 Å². The summed E-state index contributed by atoms with van der Waals surface area (Å²) in [5.41, 5.74) is 2.03. The van der Waals surface area contributed by atoms with Crippen molar-refractivity contribution in [2.45, 2.75) is 0 Å². The van der Waals surface area contributed by atoms with Gasteiger partial charge >= 0.3 is 0 Å². The lowest BCUT2D eigenvalue weighted by molar-refractivity contribution is 0.102. The fraction of sp³-hybridized carbons (Fsp3) is 0.0588. The van der Waals surface area contributed by atoms with E-state index in [-0.39, 0.29) is 12.7 Å². The molecule has 1 aliphatic rings. The normalized spacial score (nSPS) is 12.4. The van der Waals surface area contributed by atoms with Crippen molar-refractivity contribution < 1.29 is 14.3 Å². The summed E-state index contributed by atoms with van der Waals surface area (Å²) >= 11 is 0. The Kier molecular flexibility index (Phi) is 2.89. The van der Waals surface area contributed by atoms with Gasteiger partial charge in [-0.15, -0.1) is 0 Å². The highest BCUT2D eigenvalue weighted by molar-refractivity contribution is 6.05. The van der Waals surface area contributed by atoms with Crippen LogP contribution in [0.3, 0.4) is 0 Å². The molecule has 3 aromatic rings. The van der Waals surface area contributed by atoms with Crippen molar-refractivity contribution in [3.05, 3.63) is 60.3 Å². The zero-order chi connectivity index (χ0) is 14.9. The first-order valence-corrected chi connectivity index (χ1v) is 6.85. The van der Waals surface area contributed by atoms with Crippen molar-refractivity contribution in [3.63, 3.8) is 0 Å². The summed E-state index contributed by atoms with van der Waals surface area (Å²) < 4.78 is 10.5. The fourth-order valence-electron chi connectivity index (χ4n) is 2.37. The summed E-state index contributed by atoms with van der Waals surface area (Å²) in [6, 6.07) is 14.8. The Hall–Kier alpha value is -3.08. The van der Waals surface area contributed by atoms with E-state index >= 15 is 0 Å². The van der Waals surface area contributed by atoms with Crippen LogP contribution < -0.4 is 14.8 Å². The standard InChI is InChI=1S/C17H12N2O3/c20-17(12-7-11-3-1-2-4-14(11)18-9-12)19-13-5-6-15-16(8-13)22-10-21-15/h1-9H,10H2,(H,19,20). The molecule has 0 fully saturated rings. The van der Waals surface area contributed by atoms with Gasteiger partial charge in [-0.2, -0.15) is 0 Å². The Labute approximate surface area is 126 Å². The van der Waals surface area contributed by atoms with Crippen molar-refractivity contribution >= 4 is 22.5 Å². The second-order valence-electron chi connectivity index (χ2n) is 4.94. The van der Waals surface area contributed by atoms with E-state index in [4.69, 9.17) is 9.47 Å². The number of amides is 1. The Morgan fingerprint density at radius 1 is 1.05 bits per heavy atom. The predicted octanol–water partition coefficient (Wildman–Crippen LogP) is 3.22. The van der Waals surface area contributed by atoms with E-state index in [2.05, 4.69) is 10.3 Å². The third kappa shape index (κ3) is 2.22. The number of fused-ring (bicyclic) bond motifs is 2. The van der Waals surface area contributed by atoms with E-state index in [0.717, 1.165) is 10.9 Å². The number of anilines is 1. The number of nitrogens with one attached hydrogen (secondary N) is 1. The molecule has 0 saturated carbocycles. The second-order valence-corrected chi connectivity index (χ2v) is 4.94. The maximum Gasteiger partial charge on any atom is 0.257 e. The summed E-state index contributed by atoms with van der Waals surface area (Å²) in [4.78, 5) is 16.6. The average Bonchev–Trinajstić information content (AvgIpc) is 3.02. The molecule has 4 rings (SSSR count). The maximum atomic E-state index is 12.3. The van der Waals surface area contributed by atoms with Gasteiger partial charge in [0.2, 0.25) is 6.79 Å². The van der Waals surface area contributed by atoms with Gasteiger partial charge in [-0.3, -0.25) is 9.78 Å². The minimum absolute atomic E-state index is 0.210. The molecule has 2 aromatic carbocycles. The first-order valence-electron chi connectivity index (χ1n) is 6.85. The summed E-state index contributed by atoms with van der Waals surface area (Å²) in [6.45, 7) is 0.210. The molecular weight excluding hydrogens is 280 g/mol. The summed E-state index contributed by atoms with van der Waals surface area (Å²) in [6.07, 6.45) is 1.57. The number of para-hydroxylation sites is 1. The van der Waals surface area contributed by atoms with E-state index in [1.165, 1.54) is 0 Å². The van der Waals surface area contributed by atoms with Crippen molar-refractivity contribution in [2.24, 2.45) is 0 Å². The summed E-state index contributed by atoms with van der Waals surface area (Å²) in [5.74, 6) is 1.11. The van der Waals surface area contributed by atoms with Crippen LogP contribution in [0.5, 0.6) is 11.5 Å². The molecule has 0 radical (unpaired) electrons. The minimum atomic E-state index is -0.211. The molecule has 1 aliphatic heterocycles. The van der Waals surface area contributed by atoms with Crippen LogP contribution in [-0.4, -0.2) is 17.7 Å². The highest BCUT2D eigenvalue weighted by Gasteiger charge is 2.15. The SMILES string of the molecule is O=C(Nc1ccc2c(c1)OCO2)c1cnc2ccccc2c1. The van der Waals surface area contributed by atoms with Crippen LogP contribution >= 0.6 is 0 Å². The molecule has 5 nitrogen and oxygen atoms in total. The maximum absolute atomic E-state index is 12.3. The van der Waals surface area contributed by atoms with Crippen molar-refractivity contribution in [2.75, 3.05) is 12.1 Å². The number of rotatable bonds is 2. The van der Waals surface area contributed by atoms with Crippen molar-refractivity contribution in [1.29, 1.82) is 0 Å². The van der Waals surface area contributed by atoms with E-state index < -0.39 is 0 Å². The van der Waals surface area contributed by atoms with Crippen LogP contribution in [0, 0.1) is 0 Å². The molecule has 0 atom stereocenters. The zero-order valence-corrected chi connectivity index (χ0v) is 11.6. The molecule has 108 valence electrons. The number of carbonyl (C=O) groups excluding carboxylic acids is 1. The van der Waals surface area contributed by atoms with E-state index in [0.29, 0.717) is 22.7 Å². The van der Waals surface area contributed by atoms with Crippen LogP contribution in [0.2, 0.25) is 0 Å². The van der Waals surface area contributed by atoms with Gasteiger partial charge in [0.05, 0.1) is 11.1 Å². The molecule has 1 amide bonds. The molecule has 1 N–H and O–H groups in total. The molecule has 0 saturated heterocycles. The Bertz CT molecular complexity index is 877. The lowest BCUT2D eigenvalue weighted by Crippen LogP contribution is -2.12. The Morgan fingerprint density at radius 3 is 2.86 bits per heavy atom. The smallest absolute Gasteiger partial charge is 0.257 e. The number of pyridine rings is 1. The molecule has 2 heterocycles. The van der Waals surface area contributed by atoms with Gasteiger partial charge in [0.25, 0.3) is 5.91 Å². The largest absolute Gasteiger partial charge is 0.454 e. The zero-order valence-electron chi connectivity index (χ0n) is 11.6. The Morgan fingerprint density at radius 2 is 1.91 bits per heavy atom. The fourth-order valence-corrected chi connectivity index (χ4v) is 2.37. The van der Waals surface area contributed by atoms with Crippen LogP contribution in [0.1, 0.15) is 10.4 Å². The summed E-state index contributed by atoms with van der Waals surface area (Å²) in [7, 11) is 0. The van der Waals surface area contributed by atoms with Gasteiger partial charge in [0.1, 0.15) is 0 Å². The molecule has 0 spiro atoms. The van der Waals surface area contributed by atoms with Gasteiger partial charge in [-0.05, 0) is 24.3 Å². The Balaban J connectivity index is 1.60. The molecule has 0 bridgehead atoms. The predicted molar refractivity (Wildman–Crippen MR) is 82.3 cm³/mol. The second kappa shape index (κ2) is 5.04. The highest BCUT2D eigenvalue weighted by Crippen LogP contribution is 2.34. The molecule has 5 heteroatoms. The van der Waals surface area contributed by atoms with Crippen molar-refractivity contribution in [3.8, 4) is 11.5 Å². The third-order valence-corrected chi connectivity index (χ3v) is 3.48. The molecule has 1 aromatic heterocycles. The number of ether oxygens (including phenoxy) is 2. The van der Waals surface area contributed by atoms with Crippen LogP contribution in [0.15, 0.2) is 54.7 Å². The number of hydrogen-bond acceptors (Lipinski definition) is 4. The highest BCUT2D eigenvalue weighted by atomic mass is 16.7. The number of carbonyl (C=O) groups is 1. The first-order chi connectivity index (χ1) is 10.8. The number of hydrogen-bond donors (Lipinski definition) is 1. The quantitative estimate of drug-likeness (QED) is 0.788. The number of nitrogens with zero attached hydrogens (tertiary/aromatic N) is 1. The van der Waals surface area contributed by atoms with Crippen LogP contribution in [0.4, 0.5) is 5.69 Å². The molecule has 0 aliphatic carbocycles. The number of benzene rings is 2. The van der Waals surface area contributed by atoms with Gasteiger partial charge in [0, 0.05) is 23.3 Å². The topological polar surface area (TPSA) is 60.5 Å². The molecular formula is C17H12N2O3. The minimum Gasteiger partial charge on any atom is -0.454 e. The lowest BCUT2D eigenvalue weighted by atomic mass is 10.1. The van der Waals surface area contributed by atoms with Crippen LogP contribution in [0.25, 0.3) is 10.9 Å². The first kappa shape index (κ1) is 12.6. The van der Waals surface area contributed by atoms with E-state index in [1.807, 2.05) is 30.3 Å². The third-order valence-electron chi connectivity index (χ3n) is 3.48. The molecule has 0 unspecified atom stereocenters. The number of aromatic nitrogens is 1. The van der Waals surface area contributed by atoms with Crippen molar-refractivity contribution in [1.82, 2.24) is 4.98 Å².